The Kier molecular flexibility index (Phi) is 4.13. The van der Waals surface area contributed by atoms with E-state index in [1.54, 1.807) is 13.3 Å². The van der Waals surface area contributed by atoms with Crippen LogP contribution in [-0.4, -0.2) is 31.2 Å². The van der Waals surface area contributed by atoms with Crippen molar-refractivity contribution in [3.05, 3.63) is 23.9 Å². The lowest BCUT2D eigenvalue weighted by atomic mass is 10.1. The SMILES string of the molecule is COc1ncccc1CNC1CCCNC1. The maximum Gasteiger partial charge on any atom is 0.217 e. The van der Waals surface area contributed by atoms with E-state index in [0.29, 0.717) is 6.04 Å². The smallest absolute Gasteiger partial charge is 0.217 e. The first-order chi connectivity index (χ1) is 7.90. The van der Waals surface area contributed by atoms with E-state index in [9.17, 15) is 0 Å². The summed E-state index contributed by atoms with van der Waals surface area (Å²) < 4.78 is 5.22. The average Bonchev–Trinajstić information content (AvgIpc) is 2.38. The summed E-state index contributed by atoms with van der Waals surface area (Å²) in [6.45, 7) is 3.03. The zero-order valence-corrected chi connectivity index (χ0v) is 9.70. The Morgan fingerprint density at radius 3 is 3.31 bits per heavy atom. The summed E-state index contributed by atoms with van der Waals surface area (Å²) in [5.41, 5.74) is 1.12. The normalized spacial score (nSPS) is 20.7. The molecule has 0 radical (unpaired) electrons. The van der Waals surface area contributed by atoms with E-state index in [0.717, 1.165) is 31.1 Å². The van der Waals surface area contributed by atoms with Crippen molar-refractivity contribution < 1.29 is 4.74 Å². The van der Waals surface area contributed by atoms with Gasteiger partial charge in [0, 0.05) is 30.9 Å². The second kappa shape index (κ2) is 5.82. The van der Waals surface area contributed by atoms with E-state index in [2.05, 4.69) is 21.7 Å². The predicted molar refractivity (Wildman–Crippen MR) is 63.5 cm³/mol. The van der Waals surface area contributed by atoms with Crippen LogP contribution in [0, 0.1) is 0 Å². The molecule has 1 aromatic heterocycles. The molecule has 2 heterocycles. The quantitative estimate of drug-likeness (QED) is 0.794. The second-order valence-corrected chi connectivity index (χ2v) is 4.10. The molecule has 1 unspecified atom stereocenters. The van der Waals surface area contributed by atoms with Crippen molar-refractivity contribution in [2.45, 2.75) is 25.4 Å². The average molecular weight is 221 g/mol. The minimum atomic E-state index is 0.568. The lowest BCUT2D eigenvalue weighted by molar-refractivity contribution is 0.371. The molecule has 2 N–H and O–H groups in total. The highest BCUT2D eigenvalue weighted by atomic mass is 16.5. The fourth-order valence-corrected chi connectivity index (χ4v) is 2.02. The van der Waals surface area contributed by atoms with Gasteiger partial charge >= 0.3 is 0 Å². The summed E-state index contributed by atoms with van der Waals surface area (Å²) in [5, 5.41) is 6.92. The first-order valence-corrected chi connectivity index (χ1v) is 5.82. The first kappa shape index (κ1) is 11.4. The van der Waals surface area contributed by atoms with E-state index in [-0.39, 0.29) is 0 Å². The molecule has 1 aliphatic rings. The number of nitrogens with zero attached hydrogens (tertiary/aromatic N) is 1. The zero-order chi connectivity index (χ0) is 11.2. The molecule has 1 fully saturated rings. The number of pyridine rings is 1. The van der Waals surface area contributed by atoms with Gasteiger partial charge < -0.3 is 15.4 Å². The molecule has 4 heteroatoms. The molecule has 0 amide bonds. The van der Waals surface area contributed by atoms with Gasteiger partial charge in [0.15, 0.2) is 0 Å². The van der Waals surface area contributed by atoms with E-state index in [4.69, 9.17) is 4.74 Å². The summed E-state index contributed by atoms with van der Waals surface area (Å²) in [7, 11) is 1.66. The van der Waals surface area contributed by atoms with Crippen LogP contribution < -0.4 is 15.4 Å². The molecule has 1 saturated heterocycles. The van der Waals surface area contributed by atoms with Crippen molar-refractivity contribution in [2.75, 3.05) is 20.2 Å². The highest BCUT2D eigenvalue weighted by Gasteiger charge is 2.12. The van der Waals surface area contributed by atoms with Crippen LogP contribution in [0.5, 0.6) is 5.88 Å². The summed E-state index contributed by atoms with van der Waals surface area (Å²) >= 11 is 0. The molecule has 1 aromatic rings. The Bertz CT molecular complexity index is 324. The molecule has 0 saturated carbocycles. The molecular formula is C12H19N3O. The third-order valence-electron chi connectivity index (χ3n) is 2.92. The van der Waals surface area contributed by atoms with Crippen LogP contribution in [0.2, 0.25) is 0 Å². The molecule has 4 nitrogen and oxygen atoms in total. The molecule has 0 bridgehead atoms. The summed E-state index contributed by atoms with van der Waals surface area (Å²) in [5.74, 6) is 0.721. The third-order valence-corrected chi connectivity index (χ3v) is 2.92. The Hall–Kier alpha value is -1.13. The molecule has 0 aromatic carbocycles. The topological polar surface area (TPSA) is 46.2 Å². The summed E-state index contributed by atoms with van der Waals surface area (Å²) in [6, 6.07) is 4.56. The van der Waals surface area contributed by atoms with Crippen molar-refractivity contribution in [1.82, 2.24) is 15.6 Å². The Labute approximate surface area is 96.4 Å². The molecule has 0 aliphatic carbocycles. The second-order valence-electron chi connectivity index (χ2n) is 4.10. The lowest BCUT2D eigenvalue weighted by Crippen LogP contribution is -2.42. The number of methoxy groups -OCH3 is 1. The molecule has 88 valence electrons. The predicted octanol–water partition coefficient (Wildman–Crippen LogP) is 0.932. The number of ether oxygens (including phenoxy) is 1. The lowest BCUT2D eigenvalue weighted by Gasteiger charge is -2.24. The Morgan fingerprint density at radius 2 is 2.56 bits per heavy atom. The van der Waals surface area contributed by atoms with Crippen LogP contribution in [-0.2, 0) is 6.54 Å². The number of hydrogen-bond acceptors (Lipinski definition) is 4. The number of piperidine rings is 1. The van der Waals surface area contributed by atoms with Crippen molar-refractivity contribution in [1.29, 1.82) is 0 Å². The van der Waals surface area contributed by atoms with Gasteiger partial charge in [-0.1, -0.05) is 6.07 Å². The van der Waals surface area contributed by atoms with E-state index in [1.807, 2.05) is 6.07 Å². The zero-order valence-electron chi connectivity index (χ0n) is 9.70. The van der Waals surface area contributed by atoms with Gasteiger partial charge in [-0.05, 0) is 25.5 Å². The number of nitrogens with one attached hydrogen (secondary N) is 2. The molecule has 1 aliphatic heterocycles. The van der Waals surface area contributed by atoms with Crippen LogP contribution >= 0.6 is 0 Å². The van der Waals surface area contributed by atoms with Crippen LogP contribution in [0.15, 0.2) is 18.3 Å². The van der Waals surface area contributed by atoms with Crippen molar-refractivity contribution in [2.24, 2.45) is 0 Å². The van der Waals surface area contributed by atoms with Gasteiger partial charge in [-0.3, -0.25) is 0 Å². The molecular weight excluding hydrogens is 202 g/mol. The largest absolute Gasteiger partial charge is 0.481 e. The highest BCUT2D eigenvalue weighted by Crippen LogP contribution is 2.13. The van der Waals surface area contributed by atoms with Crippen molar-refractivity contribution in [3.63, 3.8) is 0 Å². The monoisotopic (exact) mass is 221 g/mol. The van der Waals surface area contributed by atoms with Crippen molar-refractivity contribution in [3.8, 4) is 5.88 Å². The van der Waals surface area contributed by atoms with Gasteiger partial charge in [0.25, 0.3) is 0 Å². The first-order valence-electron chi connectivity index (χ1n) is 5.82. The molecule has 1 atom stereocenters. The van der Waals surface area contributed by atoms with Crippen LogP contribution in [0.25, 0.3) is 0 Å². The van der Waals surface area contributed by atoms with Crippen LogP contribution in [0.3, 0.4) is 0 Å². The number of rotatable bonds is 4. The van der Waals surface area contributed by atoms with Gasteiger partial charge in [0.1, 0.15) is 0 Å². The van der Waals surface area contributed by atoms with Gasteiger partial charge in [-0.25, -0.2) is 4.98 Å². The maximum absolute atomic E-state index is 5.22. The van der Waals surface area contributed by atoms with E-state index in [1.165, 1.54) is 12.8 Å². The molecule has 16 heavy (non-hydrogen) atoms. The Balaban J connectivity index is 1.88. The number of hydrogen-bond donors (Lipinski definition) is 2. The minimum Gasteiger partial charge on any atom is -0.481 e. The van der Waals surface area contributed by atoms with Gasteiger partial charge in [0.2, 0.25) is 5.88 Å². The van der Waals surface area contributed by atoms with Crippen LogP contribution in [0.4, 0.5) is 0 Å². The highest BCUT2D eigenvalue weighted by molar-refractivity contribution is 5.25. The summed E-state index contributed by atoms with van der Waals surface area (Å²) in [6.07, 6.45) is 4.25. The fraction of sp³-hybridized carbons (Fsp3) is 0.583. The minimum absolute atomic E-state index is 0.568. The van der Waals surface area contributed by atoms with Gasteiger partial charge in [-0.2, -0.15) is 0 Å². The molecule has 0 spiro atoms. The van der Waals surface area contributed by atoms with Gasteiger partial charge in [-0.15, -0.1) is 0 Å². The van der Waals surface area contributed by atoms with Gasteiger partial charge in [0.05, 0.1) is 7.11 Å². The third kappa shape index (κ3) is 2.93. The van der Waals surface area contributed by atoms with Crippen molar-refractivity contribution >= 4 is 0 Å². The summed E-state index contributed by atoms with van der Waals surface area (Å²) in [4.78, 5) is 4.18. The fourth-order valence-electron chi connectivity index (χ4n) is 2.02. The maximum atomic E-state index is 5.22. The van der Waals surface area contributed by atoms with E-state index >= 15 is 0 Å². The number of aromatic nitrogens is 1. The van der Waals surface area contributed by atoms with Crippen LogP contribution in [0.1, 0.15) is 18.4 Å². The standard InChI is InChI=1S/C12H19N3O/c1-16-12-10(4-2-7-14-12)8-15-11-5-3-6-13-9-11/h2,4,7,11,13,15H,3,5-6,8-9H2,1H3. The molecule has 2 rings (SSSR count). The van der Waals surface area contributed by atoms with E-state index < -0.39 is 0 Å². The Morgan fingerprint density at radius 1 is 1.62 bits per heavy atom.